The molecule has 1 aliphatic rings. The van der Waals surface area contributed by atoms with Gasteiger partial charge in [-0.15, -0.1) is 0 Å². The Kier molecular flexibility index (Phi) is 6.66. The van der Waals surface area contributed by atoms with Crippen molar-refractivity contribution in [3.63, 3.8) is 0 Å². The van der Waals surface area contributed by atoms with E-state index in [4.69, 9.17) is 0 Å². The van der Waals surface area contributed by atoms with E-state index < -0.39 is 5.82 Å². The highest BCUT2D eigenvalue weighted by Crippen LogP contribution is 2.15. The van der Waals surface area contributed by atoms with Gasteiger partial charge in [-0.3, -0.25) is 9.59 Å². The summed E-state index contributed by atoms with van der Waals surface area (Å²) in [6.45, 7) is 5.30. The average Bonchev–Trinajstić information content (AvgIpc) is 2.73. The summed E-state index contributed by atoms with van der Waals surface area (Å²) in [6, 6.07) is 12.0. The number of amides is 4. The van der Waals surface area contributed by atoms with Gasteiger partial charge in [0.1, 0.15) is 5.82 Å². The van der Waals surface area contributed by atoms with Crippen LogP contribution in [0.3, 0.4) is 0 Å². The quantitative estimate of drug-likeness (QED) is 0.810. The first-order chi connectivity index (χ1) is 14.3. The lowest BCUT2D eigenvalue weighted by molar-refractivity contribution is 0.0535. The van der Waals surface area contributed by atoms with Crippen LogP contribution in [0.15, 0.2) is 48.5 Å². The van der Waals surface area contributed by atoms with Gasteiger partial charge in [0.15, 0.2) is 0 Å². The Morgan fingerprint density at radius 3 is 1.97 bits per heavy atom. The van der Waals surface area contributed by atoms with E-state index in [-0.39, 0.29) is 23.9 Å². The van der Waals surface area contributed by atoms with Gasteiger partial charge in [-0.1, -0.05) is 6.07 Å². The van der Waals surface area contributed by atoms with Crippen LogP contribution in [0, 0.1) is 5.82 Å². The van der Waals surface area contributed by atoms with Gasteiger partial charge in [0.25, 0.3) is 11.8 Å². The number of benzene rings is 2. The average molecular weight is 412 g/mol. The molecule has 1 saturated heterocycles. The van der Waals surface area contributed by atoms with Crippen molar-refractivity contribution in [3.05, 3.63) is 65.5 Å². The van der Waals surface area contributed by atoms with Crippen LogP contribution < -0.4 is 10.6 Å². The Morgan fingerprint density at radius 1 is 0.867 bits per heavy atom. The first-order valence-electron chi connectivity index (χ1n) is 9.85. The summed E-state index contributed by atoms with van der Waals surface area (Å²) in [7, 11) is 0. The minimum atomic E-state index is -0.450. The Hall–Kier alpha value is -3.42. The number of carbonyl (C=O) groups is 3. The van der Waals surface area contributed by atoms with Crippen LogP contribution in [0.4, 0.5) is 14.9 Å². The van der Waals surface area contributed by atoms with E-state index in [1.54, 1.807) is 40.1 Å². The largest absolute Gasteiger partial charge is 0.336 e. The number of nitrogens with one attached hydrogen (secondary N) is 2. The van der Waals surface area contributed by atoms with Gasteiger partial charge in [0.2, 0.25) is 0 Å². The van der Waals surface area contributed by atoms with Crippen molar-refractivity contribution >= 4 is 23.5 Å². The van der Waals surface area contributed by atoms with Gasteiger partial charge in [-0.25, -0.2) is 9.18 Å². The fourth-order valence-corrected chi connectivity index (χ4v) is 3.22. The summed E-state index contributed by atoms with van der Waals surface area (Å²) in [5, 5.41) is 5.44. The van der Waals surface area contributed by atoms with Crippen molar-refractivity contribution in [3.8, 4) is 0 Å². The van der Waals surface area contributed by atoms with Gasteiger partial charge >= 0.3 is 6.03 Å². The van der Waals surface area contributed by atoms with E-state index in [0.29, 0.717) is 43.0 Å². The topological polar surface area (TPSA) is 81.8 Å². The molecule has 0 saturated carbocycles. The lowest BCUT2D eigenvalue weighted by Gasteiger charge is -2.35. The third kappa shape index (κ3) is 5.34. The maximum absolute atomic E-state index is 13.4. The zero-order valence-corrected chi connectivity index (χ0v) is 17.0. The highest BCUT2D eigenvalue weighted by atomic mass is 19.1. The molecule has 3 rings (SSSR count). The maximum Gasteiger partial charge on any atom is 0.319 e. The number of piperazine rings is 1. The van der Waals surface area contributed by atoms with E-state index >= 15 is 0 Å². The molecule has 0 bridgehead atoms. The first kappa shape index (κ1) is 21.3. The minimum Gasteiger partial charge on any atom is -0.336 e. The van der Waals surface area contributed by atoms with Crippen LogP contribution in [-0.4, -0.2) is 59.9 Å². The summed E-state index contributed by atoms with van der Waals surface area (Å²) in [4.78, 5) is 40.3. The summed E-state index contributed by atoms with van der Waals surface area (Å²) >= 11 is 0. The molecule has 0 atom stereocenters. The number of nitrogens with zero attached hydrogens (tertiary/aromatic N) is 2. The molecule has 0 aromatic heterocycles. The smallest absolute Gasteiger partial charge is 0.319 e. The number of urea groups is 1. The molecule has 7 nitrogen and oxygen atoms in total. The van der Waals surface area contributed by atoms with Gasteiger partial charge in [-0.2, -0.15) is 0 Å². The van der Waals surface area contributed by atoms with Gasteiger partial charge < -0.3 is 20.4 Å². The molecular weight excluding hydrogens is 387 g/mol. The molecule has 1 fully saturated rings. The number of carbonyl (C=O) groups excluding carboxylic acids is 3. The molecule has 0 spiro atoms. The van der Waals surface area contributed by atoms with Crippen LogP contribution in [0.5, 0.6) is 0 Å². The summed E-state index contributed by atoms with van der Waals surface area (Å²) in [5.41, 5.74) is 1.41. The second kappa shape index (κ2) is 9.39. The molecule has 0 unspecified atom stereocenters. The van der Waals surface area contributed by atoms with Crippen molar-refractivity contribution in [2.24, 2.45) is 0 Å². The molecule has 30 heavy (non-hydrogen) atoms. The predicted molar refractivity (Wildman–Crippen MR) is 112 cm³/mol. The Balaban J connectivity index is 1.55. The third-order valence-electron chi connectivity index (χ3n) is 4.74. The van der Waals surface area contributed by atoms with Crippen molar-refractivity contribution in [2.45, 2.75) is 19.9 Å². The maximum atomic E-state index is 13.4. The molecule has 8 heteroatoms. The summed E-state index contributed by atoms with van der Waals surface area (Å²) < 4.78 is 13.4. The Bertz CT molecular complexity index is 922. The van der Waals surface area contributed by atoms with Crippen LogP contribution in [0.1, 0.15) is 34.6 Å². The molecule has 0 radical (unpaired) electrons. The Morgan fingerprint density at radius 2 is 1.43 bits per heavy atom. The van der Waals surface area contributed by atoms with Crippen LogP contribution in [0.25, 0.3) is 0 Å². The summed E-state index contributed by atoms with van der Waals surface area (Å²) in [5.74, 6) is -0.822. The zero-order valence-electron chi connectivity index (χ0n) is 17.0. The van der Waals surface area contributed by atoms with E-state index in [0.717, 1.165) is 0 Å². The lowest BCUT2D eigenvalue weighted by Crippen LogP contribution is -2.50. The van der Waals surface area contributed by atoms with Gasteiger partial charge in [0, 0.05) is 49.0 Å². The van der Waals surface area contributed by atoms with Crippen molar-refractivity contribution in [1.29, 1.82) is 0 Å². The standard InChI is InChI=1S/C22H25FN4O3/c1-15(2)24-22(30)25-19-8-6-16(7-9-19)20(28)26-10-12-27(13-11-26)21(29)17-4-3-5-18(23)14-17/h3-9,14-15H,10-13H2,1-2H3,(H2,24,25,30). The first-order valence-corrected chi connectivity index (χ1v) is 9.85. The molecular formula is C22H25FN4O3. The second-order valence-electron chi connectivity index (χ2n) is 7.43. The van der Waals surface area contributed by atoms with Gasteiger partial charge in [-0.05, 0) is 56.3 Å². The highest BCUT2D eigenvalue weighted by molar-refractivity contribution is 5.96. The van der Waals surface area contributed by atoms with E-state index in [9.17, 15) is 18.8 Å². The second-order valence-corrected chi connectivity index (χ2v) is 7.43. The molecule has 1 aliphatic heterocycles. The molecule has 2 aromatic carbocycles. The number of anilines is 1. The van der Waals surface area contributed by atoms with Crippen LogP contribution in [-0.2, 0) is 0 Å². The predicted octanol–water partition coefficient (Wildman–Crippen LogP) is 2.95. The lowest BCUT2D eigenvalue weighted by atomic mass is 10.1. The number of hydrogen-bond acceptors (Lipinski definition) is 3. The van der Waals surface area contributed by atoms with E-state index in [1.807, 2.05) is 13.8 Å². The number of halogens is 1. The Labute approximate surface area is 174 Å². The van der Waals surface area contributed by atoms with Crippen LogP contribution in [0.2, 0.25) is 0 Å². The van der Waals surface area contributed by atoms with E-state index in [1.165, 1.54) is 18.2 Å². The van der Waals surface area contributed by atoms with Crippen LogP contribution >= 0.6 is 0 Å². The molecule has 1 heterocycles. The fraction of sp³-hybridized carbons (Fsp3) is 0.318. The SMILES string of the molecule is CC(C)NC(=O)Nc1ccc(C(=O)N2CCN(C(=O)c3cccc(F)c3)CC2)cc1. The highest BCUT2D eigenvalue weighted by Gasteiger charge is 2.25. The minimum absolute atomic E-state index is 0.0253. The zero-order chi connectivity index (χ0) is 21.7. The third-order valence-corrected chi connectivity index (χ3v) is 4.74. The molecule has 0 aliphatic carbocycles. The summed E-state index contributed by atoms with van der Waals surface area (Å²) in [6.07, 6.45) is 0. The number of hydrogen-bond donors (Lipinski definition) is 2. The normalized spacial score (nSPS) is 13.9. The fourth-order valence-electron chi connectivity index (χ4n) is 3.22. The van der Waals surface area contributed by atoms with Crippen molar-refractivity contribution < 1.29 is 18.8 Å². The molecule has 2 aromatic rings. The molecule has 4 amide bonds. The monoisotopic (exact) mass is 412 g/mol. The van der Waals surface area contributed by atoms with Crippen molar-refractivity contribution in [1.82, 2.24) is 15.1 Å². The van der Waals surface area contributed by atoms with E-state index in [2.05, 4.69) is 10.6 Å². The van der Waals surface area contributed by atoms with Gasteiger partial charge in [0.05, 0.1) is 0 Å². The number of rotatable bonds is 4. The molecule has 2 N–H and O–H groups in total. The van der Waals surface area contributed by atoms with Crippen molar-refractivity contribution in [2.75, 3.05) is 31.5 Å². The molecule has 158 valence electrons.